The monoisotopic (exact) mass is 563 g/mol. The molecule has 0 aliphatic carbocycles. The summed E-state index contributed by atoms with van der Waals surface area (Å²) in [6.07, 6.45) is 0. The van der Waals surface area contributed by atoms with Crippen LogP contribution in [0, 0.1) is 0 Å². The number of hydrogen-bond donors (Lipinski definition) is 0. The molecule has 0 atom stereocenters. The summed E-state index contributed by atoms with van der Waals surface area (Å²) in [5.74, 6) is 0. The molecular formula is C40H25N3O. The molecule has 0 amide bonds. The van der Waals surface area contributed by atoms with E-state index >= 15 is 0 Å². The maximum absolute atomic E-state index is 6.30. The first-order valence-electron chi connectivity index (χ1n) is 14.8. The van der Waals surface area contributed by atoms with Gasteiger partial charge in [0.05, 0.1) is 5.69 Å². The van der Waals surface area contributed by atoms with Crippen LogP contribution in [-0.4, -0.2) is 15.0 Å². The molecule has 0 spiro atoms. The Bertz CT molecular complexity index is 2490. The highest BCUT2D eigenvalue weighted by molar-refractivity contribution is 6.16. The van der Waals surface area contributed by atoms with Crippen molar-refractivity contribution >= 4 is 43.7 Å². The Kier molecular flexibility index (Phi) is 5.47. The van der Waals surface area contributed by atoms with Crippen LogP contribution in [0.3, 0.4) is 0 Å². The minimum Gasteiger partial charge on any atom is -0.456 e. The van der Waals surface area contributed by atoms with E-state index in [2.05, 4.69) is 109 Å². The maximum Gasteiger partial charge on any atom is 0.136 e. The lowest BCUT2D eigenvalue weighted by atomic mass is 9.85. The van der Waals surface area contributed by atoms with Crippen LogP contribution in [0.4, 0.5) is 0 Å². The predicted octanol–water partition coefficient (Wildman–Crippen LogP) is 10.5. The highest BCUT2D eigenvalue weighted by Gasteiger charge is 2.21. The molecule has 0 aliphatic heterocycles. The van der Waals surface area contributed by atoms with E-state index in [0.29, 0.717) is 0 Å². The molecule has 0 N–H and O–H groups in total. The molecule has 0 unspecified atom stereocenters. The van der Waals surface area contributed by atoms with Crippen LogP contribution < -0.4 is 0 Å². The number of fused-ring (bicyclic) bond motifs is 6. The van der Waals surface area contributed by atoms with Gasteiger partial charge in [-0.1, -0.05) is 121 Å². The van der Waals surface area contributed by atoms with Gasteiger partial charge < -0.3 is 4.42 Å². The molecule has 0 saturated heterocycles. The van der Waals surface area contributed by atoms with Gasteiger partial charge in [0.2, 0.25) is 0 Å². The third-order valence-electron chi connectivity index (χ3n) is 8.49. The van der Waals surface area contributed by atoms with Crippen molar-refractivity contribution < 1.29 is 4.42 Å². The van der Waals surface area contributed by atoms with Gasteiger partial charge in [0.25, 0.3) is 0 Å². The van der Waals surface area contributed by atoms with Crippen LogP contribution in [0.1, 0.15) is 0 Å². The number of furan rings is 1. The summed E-state index contributed by atoms with van der Waals surface area (Å²) < 4.78 is 6.30. The fourth-order valence-electron chi connectivity index (χ4n) is 6.56. The SMILES string of the molecule is c1ccc(-c2c(-c3cc4nn(-c5ccccc5)nc4c4ccccc34)cccc2-c2cccc3oc4ccccc4c23)cc1. The molecule has 0 bridgehead atoms. The molecule has 7 aromatic carbocycles. The van der Waals surface area contributed by atoms with Crippen LogP contribution >= 0.6 is 0 Å². The highest BCUT2D eigenvalue weighted by atomic mass is 16.3. The molecule has 0 fully saturated rings. The van der Waals surface area contributed by atoms with Gasteiger partial charge in [-0.2, -0.15) is 4.80 Å². The molecule has 4 nitrogen and oxygen atoms in total. The van der Waals surface area contributed by atoms with Crippen molar-refractivity contribution in [2.75, 3.05) is 0 Å². The minimum atomic E-state index is 0.856. The first-order valence-corrected chi connectivity index (χ1v) is 14.8. The third kappa shape index (κ3) is 3.78. The zero-order valence-corrected chi connectivity index (χ0v) is 23.7. The summed E-state index contributed by atoms with van der Waals surface area (Å²) in [5, 5.41) is 14.4. The zero-order valence-electron chi connectivity index (χ0n) is 23.7. The fourth-order valence-corrected chi connectivity index (χ4v) is 6.56. The molecular weight excluding hydrogens is 538 g/mol. The molecule has 9 aromatic rings. The zero-order chi connectivity index (χ0) is 29.0. The number of aromatic nitrogens is 3. The summed E-state index contributed by atoms with van der Waals surface area (Å²) in [7, 11) is 0. The standard InChI is InChI=1S/C40H25N3O/c1-3-13-26(14-4-1)38-29(30-22-12-24-37-39(30)33-19-9-10-23-36(33)44-37)20-11-21-31(38)34-25-35-40(32-18-8-7-17-28(32)34)42-43(41-35)27-15-5-2-6-16-27/h1-25H. The fraction of sp³-hybridized carbons (Fsp3) is 0. The van der Waals surface area contributed by atoms with Gasteiger partial charge in [-0.3, -0.25) is 0 Å². The largest absolute Gasteiger partial charge is 0.456 e. The second kappa shape index (κ2) is 9.79. The van der Waals surface area contributed by atoms with Gasteiger partial charge in [0, 0.05) is 16.2 Å². The Hall–Kier alpha value is -6.00. The second-order valence-corrected chi connectivity index (χ2v) is 11.0. The molecule has 0 aliphatic rings. The molecule has 9 rings (SSSR count). The van der Waals surface area contributed by atoms with Crippen LogP contribution in [0.5, 0.6) is 0 Å². The van der Waals surface area contributed by atoms with Gasteiger partial charge in [-0.05, 0) is 69.1 Å². The number of rotatable bonds is 4. The van der Waals surface area contributed by atoms with Gasteiger partial charge >= 0.3 is 0 Å². The van der Waals surface area contributed by atoms with E-state index < -0.39 is 0 Å². The van der Waals surface area contributed by atoms with Crippen molar-refractivity contribution in [3.05, 3.63) is 152 Å². The molecule has 206 valence electrons. The predicted molar refractivity (Wildman–Crippen MR) is 180 cm³/mol. The lowest BCUT2D eigenvalue weighted by Gasteiger charge is -2.18. The van der Waals surface area contributed by atoms with Gasteiger partial charge in [-0.25, -0.2) is 0 Å². The summed E-state index contributed by atoms with van der Waals surface area (Å²) in [4.78, 5) is 1.74. The topological polar surface area (TPSA) is 43.9 Å². The summed E-state index contributed by atoms with van der Waals surface area (Å²) >= 11 is 0. The quantitative estimate of drug-likeness (QED) is 0.214. The Balaban J connectivity index is 1.37. The molecule has 0 saturated carbocycles. The average molecular weight is 564 g/mol. The number of hydrogen-bond acceptors (Lipinski definition) is 3. The van der Waals surface area contributed by atoms with Crippen LogP contribution in [-0.2, 0) is 0 Å². The first kappa shape index (κ1) is 24.6. The minimum absolute atomic E-state index is 0.856. The first-order chi connectivity index (χ1) is 21.8. The second-order valence-electron chi connectivity index (χ2n) is 11.0. The third-order valence-corrected chi connectivity index (χ3v) is 8.49. The molecule has 0 radical (unpaired) electrons. The number of benzene rings is 7. The van der Waals surface area contributed by atoms with Gasteiger partial charge in [0.1, 0.15) is 22.2 Å². The van der Waals surface area contributed by atoms with Crippen LogP contribution in [0.2, 0.25) is 0 Å². The average Bonchev–Trinajstić information content (AvgIpc) is 3.71. The number of nitrogens with zero attached hydrogens (tertiary/aromatic N) is 3. The van der Waals surface area contributed by atoms with E-state index in [0.717, 1.165) is 77.2 Å². The van der Waals surface area contributed by atoms with E-state index in [1.54, 1.807) is 4.80 Å². The van der Waals surface area contributed by atoms with Crippen LogP contribution in [0.15, 0.2) is 156 Å². The van der Waals surface area contributed by atoms with Crippen molar-refractivity contribution in [3.63, 3.8) is 0 Å². The highest BCUT2D eigenvalue weighted by Crippen LogP contribution is 2.46. The Morgan fingerprint density at radius 1 is 0.455 bits per heavy atom. The Morgan fingerprint density at radius 2 is 1.07 bits per heavy atom. The number of para-hydroxylation sites is 2. The Labute approximate surface area is 253 Å². The summed E-state index contributed by atoms with van der Waals surface area (Å²) in [6.45, 7) is 0. The smallest absolute Gasteiger partial charge is 0.136 e. The van der Waals surface area contributed by atoms with E-state index in [1.807, 2.05) is 42.5 Å². The van der Waals surface area contributed by atoms with E-state index in [9.17, 15) is 0 Å². The molecule has 2 heterocycles. The lowest BCUT2D eigenvalue weighted by Crippen LogP contribution is -1.97. The van der Waals surface area contributed by atoms with Crippen molar-refractivity contribution in [2.45, 2.75) is 0 Å². The molecule has 2 aromatic heterocycles. The van der Waals surface area contributed by atoms with E-state index in [1.165, 1.54) is 5.56 Å². The van der Waals surface area contributed by atoms with Crippen LogP contribution in [0.25, 0.3) is 82.8 Å². The molecule has 44 heavy (non-hydrogen) atoms. The van der Waals surface area contributed by atoms with Gasteiger partial charge in [-0.15, -0.1) is 10.2 Å². The molecule has 4 heteroatoms. The maximum atomic E-state index is 6.30. The summed E-state index contributed by atoms with van der Waals surface area (Å²) in [6, 6.07) is 52.7. The van der Waals surface area contributed by atoms with E-state index in [-0.39, 0.29) is 0 Å². The van der Waals surface area contributed by atoms with Crippen molar-refractivity contribution in [3.8, 4) is 39.1 Å². The van der Waals surface area contributed by atoms with E-state index in [4.69, 9.17) is 14.6 Å². The van der Waals surface area contributed by atoms with Gasteiger partial charge in [0.15, 0.2) is 0 Å². The van der Waals surface area contributed by atoms with Crippen molar-refractivity contribution in [2.24, 2.45) is 0 Å². The van der Waals surface area contributed by atoms with Crippen molar-refractivity contribution in [1.82, 2.24) is 15.0 Å². The van der Waals surface area contributed by atoms with Crippen molar-refractivity contribution in [1.29, 1.82) is 0 Å². The Morgan fingerprint density at radius 3 is 1.89 bits per heavy atom. The lowest BCUT2D eigenvalue weighted by molar-refractivity contribution is 0.669. The normalized spacial score (nSPS) is 11.6. The summed E-state index contributed by atoms with van der Waals surface area (Å²) in [5.41, 5.74) is 11.4.